The predicted molar refractivity (Wildman–Crippen MR) is 126 cm³/mol. The maximum atomic E-state index is 13.0. The van der Waals surface area contributed by atoms with Gasteiger partial charge in [0.15, 0.2) is 27.8 Å². The van der Waals surface area contributed by atoms with Crippen molar-refractivity contribution in [1.29, 1.82) is 5.41 Å². The summed E-state index contributed by atoms with van der Waals surface area (Å²) in [7, 11) is -5.34. The zero-order chi connectivity index (χ0) is 25.7. The van der Waals surface area contributed by atoms with Crippen molar-refractivity contribution in [2.45, 2.75) is 41.4 Å². The number of ether oxygens (including phenoxy) is 2. The number of aromatic amines is 1. The Balaban J connectivity index is 1.33. The maximum absolute atomic E-state index is 13.0. The maximum Gasteiger partial charge on any atom is 0.511 e. The monoisotopic (exact) mass is 608 g/mol. The van der Waals surface area contributed by atoms with Gasteiger partial charge in [0.2, 0.25) is 6.79 Å². The molecule has 4 heterocycles. The van der Waals surface area contributed by atoms with E-state index in [0.717, 1.165) is 9.37 Å². The van der Waals surface area contributed by atoms with E-state index in [4.69, 9.17) is 14.9 Å². The third kappa shape index (κ3) is 4.82. The van der Waals surface area contributed by atoms with E-state index in [1.54, 1.807) is 10.6 Å². The molecule has 1 fully saturated rings. The van der Waals surface area contributed by atoms with Crippen LogP contribution in [0.15, 0.2) is 33.0 Å². The molecule has 5 rings (SSSR count). The number of alkyl halides is 3. The number of halogens is 4. The molecule has 2 N–H and O–H groups in total. The van der Waals surface area contributed by atoms with Crippen LogP contribution in [0, 0.1) is 11.3 Å². The molecule has 0 bridgehead atoms. The van der Waals surface area contributed by atoms with Crippen LogP contribution in [-0.4, -0.2) is 57.6 Å². The topological polar surface area (TPSA) is 126 Å². The zero-order valence-electron chi connectivity index (χ0n) is 18.5. The predicted octanol–water partition coefficient (Wildman–Crippen LogP) is 3.83. The van der Waals surface area contributed by atoms with Gasteiger partial charge < -0.3 is 19.0 Å². The van der Waals surface area contributed by atoms with E-state index in [1.165, 1.54) is 18.1 Å². The average Bonchev–Trinajstić information content (AvgIpc) is 3.45. The first kappa shape index (κ1) is 25.4. The highest BCUT2D eigenvalue weighted by Crippen LogP contribution is 2.42. The van der Waals surface area contributed by atoms with Crippen molar-refractivity contribution >= 4 is 48.9 Å². The third-order valence-corrected chi connectivity index (χ3v) is 9.48. The summed E-state index contributed by atoms with van der Waals surface area (Å²) in [6, 6.07) is 3.62. The minimum atomic E-state index is -5.34. The number of nitrogens with zero attached hydrogens (tertiary/aromatic N) is 4. The molecule has 0 spiro atoms. The summed E-state index contributed by atoms with van der Waals surface area (Å²) in [4.78, 5) is 12.6. The number of sulfonamides is 1. The Bertz CT molecular complexity index is 1480. The lowest BCUT2D eigenvalue weighted by Crippen LogP contribution is -2.46. The second-order valence-corrected chi connectivity index (χ2v) is 12.2. The standard InChI is InChI=1S/C20H20BrF3N6O4S2/c21-12-6-13-14(34-10-33-13)7-15(12)35-19-27-16-17(25)26-9-29(18(16)28-19)5-3-11-2-1-4-30(8-11)36(31,32)20(22,23)24/h6-7,9,11,25H,1-5,8,10H2,(H,27,28). The van der Waals surface area contributed by atoms with Crippen molar-refractivity contribution in [3.8, 4) is 11.5 Å². The number of nitrogens with one attached hydrogen (secondary N) is 2. The summed E-state index contributed by atoms with van der Waals surface area (Å²) in [6.07, 6.45) is 2.88. The van der Waals surface area contributed by atoms with E-state index in [1.807, 2.05) is 6.07 Å². The van der Waals surface area contributed by atoms with E-state index in [-0.39, 0.29) is 31.3 Å². The second kappa shape index (κ2) is 9.54. The minimum absolute atomic E-state index is 0.00506. The molecule has 1 saturated heterocycles. The number of aromatic nitrogens is 4. The minimum Gasteiger partial charge on any atom is -0.454 e. The highest BCUT2D eigenvalue weighted by molar-refractivity contribution is 9.10. The Labute approximate surface area is 215 Å². The Hall–Kier alpha value is -2.30. The quantitative estimate of drug-likeness (QED) is 0.435. The van der Waals surface area contributed by atoms with E-state index < -0.39 is 15.5 Å². The molecule has 16 heteroatoms. The summed E-state index contributed by atoms with van der Waals surface area (Å²) < 4.78 is 76.4. The summed E-state index contributed by atoms with van der Waals surface area (Å²) >= 11 is 4.83. The molecule has 10 nitrogen and oxygen atoms in total. The molecule has 3 aromatic rings. The second-order valence-electron chi connectivity index (χ2n) is 8.37. The molecule has 2 aliphatic rings. The molecular weight excluding hydrogens is 589 g/mol. The van der Waals surface area contributed by atoms with Crippen LogP contribution in [0.4, 0.5) is 13.2 Å². The lowest BCUT2D eigenvalue weighted by atomic mass is 9.96. The Morgan fingerprint density at radius 2 is 2.03 bits per heavy atom. The van der Waals surface area contributed by atoms with Gasteiger partial charge in [-0.15, -0.1) is 0 Å². The molecule has 2 aromatic heterocycles. The SMILES string of the molecule is N=c1ncn(CCC2CCCN(S(=O)(=O)C(F)(F)F)C2)c2nc(Sc3cc4c(cc3Br)OCO4)[nH]c12. The molecule has 1 atom stereocenters. The van der Waals surface area contributed by atoms with Gasteiger partial charge in [-0.3, -0.25) is 5.41 Å². The van der Waals surface area contributed by atoms with Crippen LogP contribution >= 0.6 is 27.7 Å². The number of aryl methyl sites for hydroxylation is 1. The molecule has 2 aliphatic heterocycles. The highest BCUT2D eigenvalue weighted by Gasteiger charge is 2.50. The Kier molecular flexibility index (Phi) is 6.72. The van der Waals surface area contributed by atoms with Gasteiger partial charge in [-0.2, -0.15) is 17.5 Å². The molecule has 0 amide bonds. The molecular formula is C20H20BrF3N6O4S2. The van der Waals surface area contributed by atoms with Gasteiger partial charge >= 0.3 is 15.5 Å². The van der Waals surface area contributed by atoms with Crippen molar-refractivity contribution in [2.75, 3.05) is 19.9 Å². The van der Waals surface area contributed by atoms with Gasteiger partial charge in [0.25, 0.3) is 0 Å². The van der Waals surface area contributed by atoms with E-state index in [2.05, 4.69) is 30.9 Å². The van der Waals surface area contributed by atoms with Crippen molar-refractivity contribution < 1.29 is 31.1 Å². The van der Waals surface area contributed by atoms with Gasteiger partial charge in [0.1, 0.15) is 5.52 Å². The lowest BCUT2D eigenvalue weighted by molar-refractivity contribution is -0.0499. The average molecular weight is 609 g/mol. The molecule has 1 aromatic carbocycles. The number of benzene rings is 1. The van der Waals surface area contributed by atoms with Crippen LogP contribution in [0.3, 0.4) is 0 Å². The van der Waals surface area contributed by atoms with Crippen LogP contribution in [0.5, 0.6) is 11.5 Å². The number of rotatable bonds is 6. The van der Waals surface area contributed by atoms with E-state index in [0.29, 0.717) is 57.9 Å². The number of H-pyrrole nitrogens is 1. The van der Waals surface area contributed by atoms with Crippen LogP contribution < -0.4 is 15.0 Å². The van der Waals surface area contributed by atoms with Gasteiger partial charge in [-0.05, 0) is 53.2 Å². The smallest absolute Gasteiger partial charge is 0.454 e. The van der Waals surface area contributed by atoms with E-state index >= 15 is 0 Å². The van der Waals surface area contributed by atoms with Crippen molar-refractivity contribution in [3.05, 3.63) is 28.4 Å². The molecule has 194 valence electrons. The van der Waals surface area contributed by atoms with Crippen molar-refractivity contribution in [3.63, 3.8) is 0 Å². The molecule has 0 saturated carbocycles. The third-order valence-electron chi connectivity index (χ3n) is 6.02. The first-order valence-electron chi connectivity index (χ1n) is 10.9. The first-order valence-corrected chi connectivity index (χ1v) is 13.9. The summed E-state index contributed by atoms with van der Waals surface area (Å²) in [5.74, 6) is 1.01. The highest BCUT2D eigenvalue weighted by atomic mass is 79.9. The van der Waals surface area contributed by atoms with Crippen LogP contribution in [-0.2, 0) is 16.6 Å². The van der Waals surface area contributed by atoms with E-state index in [9.17, 15) is 21.6 Å². The van der Waals surface area contributed by atoms with Gasteiger partial charge in [0, 0.05) is 29.0 Å². The normalized spacial score (nSPS) is 18.7. The zero-order valence-corrected chi connectivity index (χ0v) is 21.7. The first-order chi connectivity index (χ1) is 17.0. The summed E-state index contributed by atoms with van der Waals surface area (Å²) in [5.41, 5.74) is -4.41. The fraction of sp³-hybridized carbons (Fsp3) is 0.450. The van der Waals surface area contributed by atoms with Gasteiger partial charge in [-0.1, -0.05) is 11.8 Å². The van der Waals surface area contributed by atoms with Gasteiger partial charge in [0.05, 0.1) is 6.33 Å². The van der Waals surface area contributed by atoms with Gasteiger partial charge in [-0.25, -0.2) is 18.4 Å². The molecule has 0 aliphatic carbocycles. The number of piperidine rings is 1. The molecule has 36 heavy (non-hydrogen) atoms. The largest absolute Gasteiger partial charge is 0.511 e. The number of fused-ring (bicyclic) bond motifs is 2. The summed E-state index contributed by atoms with van der Waals surface area (Å²) in [5, 5.41) is 8.66. The Morgan fingerprint density at radius 3 is 2.78 bits per heavy atom. The fourth-order valence-electron chi connectivity index (χ4n) is 4.20. The number of imidazole rings is 1. The fourth-order valence-corrected chi connectivity index (χ4v) is 6.65. The van der Waals surface area contributed by atoms with Crippen molar-refractivity contribution in [1.82, 2.24) is 23.8 Å². The lowest BCUT2D eigenvalue weighted by Gasteiger charge is -2.32. The van der Waals surface area contributed by atoms with Crippen molar-refractivity contribution in [2.24, 2.45) is 5.92 Å². The van der Waals surface area contributed by atoms with Crippen LogP contribution in [0.25, 0.3) is 11.2 Å². The summed E-state index contributed by atoms with van der Waals surface area (Å²) in [6.45, 7) is 0.182. The molecule has 1 unspecified atom stereocenters. The van der Waals surface area contributed by atoms with Crippen LogP contribution in [0.2, 0.25) is 0 Å². The van der Waals surface area contributed by atoms with Crippen LogP contribution in [0.1, 0.15) is 19.3 Å². The number of hydrogen-bond donors (Lipinski definition) is 2. The number of hydrogen-bond acceptors (Lipinski definition) is 8. The molecule has 0 radical (unpaired) electrons. The Morgan fingerprint density at radius 1 is 1.28 bits per heavy atom.